The molecule has 3 rings (SSSR count). The number of nitrogens with one attached hydrogen (secondary N) is 1. The Kier molecular flexibility index (Phi) is 5.38. The monoisotopic (exact) mass is 334 g/mol. The number of hydrogen-bond donors (Lipinski definition) is 1. The molecule has 1 N–H and O–H groups in total. The Balaban J connectivity index is 1.69. The smallest absolute Gasteiger partial charge is 0.254 e. The van der Waals surface area contributed by atoms with Gasteiger partial charge in [0.05, 0.1) is 24.8 Å². The number of hydrogen-bond acceptors (Lipinski definition) is 4. The van der Waals surface area contributed by atoms with Crippen molar-refractivity contribution in [3.63, 3.8) is 0 Å². The van der Waals surface area contributed by atoms with Crippen molar-refractivity contribution in [1.82, 2.24) is 10.2 Å². The predicted molar refractivity (Wildman–Crippen MR) is 88.2 cm³/mol. The first-order valence-corrected chi connectivity index (χ1v) is 8.51. The van der Waals surface area contributed by atoms with Crippen LogP contribution < -0.4 is 5.32 Å². The van der Waals surface area contributed by atoms with Crippen molar-refractivity contribution < 1.29 is 13.9 Å². The van der Waals surface area contributed by atoms with Crippen LogP contribution in [0.15, 0.2) is 41.8 Å². The van der Waals surface area contributed by atoms with Crippen LogP contribution in [0.5, 0.6) is 0 Å². The molecule has 0 bridgehead atoms. The second kappa shape index (κ2) is 7.68. The van der Waals surface area contributed by atoms with Crippen molar-refractivity contribution in [2.24, 2.45) is 0 Å². The Labute approximate surface area is 138 Å². The summed E-state index contributed by atoms with van der Waals surface area (Å²) in [7, 11) is 0. The number of carbonyl (C=O) groups is 1. The summed E-state index contributed by atoms with van der Waals surface area (Å²) in [5, 5.41) is 4.90. The minimum atomic E-state index is -0.496. The summed E-state index contributed by atoms with van der Waals surface area (Å²) in [5.41, 5.74) is 0.0828. The molecule has 0 unspecified atom stereocenters. The Bertz CT molecular complexity index is 642. The lowest BCUT2D eigenvalue weighted by Gasteiger charge is -2.34. The number of nitrogens with zero attached hydrogens (tertiary/aromatic N) is 1. The fourth-order valence-corrected chi connectivity index (χ4v) is 3.57. The molecule has 1 aromatic carbocycles. The first kappa shape index (κ1) is 16.1. The van der Waals surface area contributed by atoms with Crippen LogP contribution in [0.2, 0.25) is 0 Å². The maximum Gasteiger partial charge on any atom is 0.254 e. The van der Waals surface area contributed by atoms with Crippen molar-refractivity contribution in [1.29, 1.82) is 0 Å². The van der Waals surface area contributed by atoms with E-state index < -0.39 is 5.82 Å². The average Bonchev–Trinajstić information content (AvgIpc) is 3.10. The Hall–Kier alpha value is -1.76. The Morgan fingerprint density at radius 2 is 2.04 bits per heavy atom. The Morgan fingerprint density at radius 3 is 2.74 bits per heavy atom. The zero-order valence-corrected chi connectivity index (χ0v) is 13.5. The third kappa shape index (κ3) is 3.96. The molecule has 4 nitrogen and oxygen atoms in total. The molecule has 0 aliphatic carbocycles. The number of halogens is 1. The van der Waals surface area contributed by atoms with Crippen molar-refractivity contribution in [2.45, 2.75) is 6.04 Å². The highest BCUT2D eigenvalue weighted by atomic mass is 32.1. The van der Waals surface area contributed by atoms with Crippen molar-refractivity contribution in [2.75, 3.05) is 32.8 Å². The minimum absolute atomic E-state index is 0.0828. The Morgan fingerprint density at radius 1 is 1.26 bits per heavy atom. The lowest BCUT2D eigenvalue weighted by molar-refractivity contribution is 0.0169. The molecule has 1 aliphatic rings. The fraction of sp³-hybridized carbons (Fsp3) is 0.353. The van der Waals surface area contributed by atoms with E-state index in [4.69, 9.17) is 4.74 Å². The van der Waals surface area contributed by atoms with Crippen molar-refractivity contribution >= 4 is 17.2 Å². The molecule has 0 spiro atoms. The van der Waals surface area contributed by atoms with Gasteiger partial charge in [0.15, 0.2) is 0 Å². The molecule has 0 radical (unpaired) electrons. The van der Waals surface area contributed by atoms with Crippen molar-refractivity contribution in [3.8, 4) is 0 Å². The lowest BCUT2D eigenvalue weighted by atomic mass is 10.1. The molecular formula is C17H19FN2O2S. The van der Waals surface area contributed by atoms with E-state index >= 15 is 0 Å². The number of ether oxygens (including phenoxy) is 1. The molecule has 2 heterocycles. The van der Waals surface area contributed by atoms with Gasteiger partial charge in [0, 0.05) is 24.5 Å². The second-order valence-electron chi connectivity index (χ2n) is 5.37. The third-order valence-corrected chi connectivity index (χ3v) is 4.91. The quantitative estimate of drug-likeness (QED) is 0.914. The molecule has 1 aliphatic heterocycles. The van der Waals surface area contributed by atoms with E-state index in [1.807, 2.05) is 11.4 Å². The van der Waals surface area contributed by atoms with Gasteiger partial charge in [0.2, 0.25) is 0 Å². The van der Waals surface area contributed by atoms with Gasteiger partial charge in [-0.2, -0.15) is 0 Å². The first-order valence-electron chi connectivity index (χ1n) is 7.63. The van der Waals surface area contributed by atoms with Crippen LogP contribution in [0.1, 0.15) is 21.3 Å². The number of carbonyl (C=O) groups excluding carboxylic acids is 1. The van der Waals surface area contributed by atoms with E-state index in [1.165, 1.54) is 17.0 Å². The normalized spacial score (nSPS) is 16.9. The van der Waals surface area contributed by atoms with E-state index in [2.05, 4.69) is 16.3 Å². The van der Waals surface area contributed by atoms with E-state index in [9.17, 15) is 9.18 Å². The molecule has 122 valence electrons. The molecule has 1 saturated heterocycles. The maximum atomic E-state index is 13.7. The van der Waals surface area contributed by atoms with Gasteiger partial charge in [-0.05, 0) is 23.6 Å². The van der Waals surface area contributed by atoms with E-state index in [-0.39, 0.29) is 17.5 Å². The molecule has 1 fully saturated rings. The maximum absolute atomic E-state index is 13.7. The largest absolute Gasteiger partial charge is 0.379 e. The molecular weight excluding hydrogens is 315 g/mol. The summed E-state index contributed by atoms with van der Waals surface area (Å²) in [6, 6.07) is 10.2. The van der Waals surface area contributed by atoms with Gasteiger partial charge in [-0.1, -0.05) is 18.2 Å². The number of rotatable bonds is 5. The standard InChI is InChI=1S/C17H19FN2O2S/c18-14-5-2-1-4-13(14)17(21)19-12-15(16-6-3-11-23-16)20-7-9-22-10-8-20/h1-6,11,15H,7-10,12H2,(H,19,21)/t15-/m0/s1. The molecule has 1 aromatic heterocycles. The SMILES string of the molecule is O=C(NC[C@@H](c1cccs1)N1CCOCC1)c1ccccc1F. The molecule has 1 amide bonds. The number of thiophene rings is 1. The van der Waals surface area contributed by atoms with Gasteiger partial charge in [-0.3, -0.25) is 9.69 Å². The van der Waals surface area contributed by atoms with Gasteiger partial charge in [0.1, 0.15) is 5.82 Å². The first-order chi connectivity index (χ1) is 11.3. The number of benzene rings is 1. The molecule has 23 heavy (non-hydrogen) atoms. The van der Waals surface area contributed by atoms with Crippen LogP contribution in [0.25, 0.3) is 0 Å². The summed E-state index contributed by atoms with van der Waals surface area (Å²) in [4.78, 5) is 15.7. The topological polar surface area (TPSA) is 41.6 Å². The zero-order valence-electron chi connectivity index (χ0n) is 12.7. The van der Waals surface area contributed by atoms with Crippen LogP contribution in [-0.2, 0) is 4.74 Å². The van der Waals surface area contributed by atoms with Gasteiger partial charge >= 0.3 is 0 Å². The van der Waals surface area contributed by atoms with Crippen LogP contribution in [0, 0.1) is 5.82 Å². The van der Waals surface area contributed by atoms with Crippen LogP contribution >= 0.6 is 11.3 Å². The average molecular weight is 334 g/mol. The second-order valence-corrected chi connectivity index (χ2v) is 6.35. The van der Waals surface area contributed by atoms with Crippen LogP contribution in [-0.4, -0.2) is 43.7 Å². The van der Waals surface area contributed by atoms with E-state index in [1.54, 1.807) is 23.5 Å². The van der Waals surface area contributed by atoms with Gasteiger partial charge in [0.25, 0.3) is 5.91 Å². The molecule has 1 atom stereocenters. The number of morpholine rings is 1. The van der Waals surface area contributed by atoms with Gasteiger partial charge < -0.3 is 10.1 Å². The summed E-state index contributed by atoms with van der Waals surface area (Å²) in [6.07, 6.45) is 0. The summed E-state index contributed by atoms with van der Waals surface area (Å²) in [5.74, 6) is -0.873. The van der Waals surface area contributed by atoms with E-state index in [0.717, 1.165) is 13.1 Å². The highest BCUT2D eigenvalue weighted by Gasteiger charge is 2.24. The third-order valence-electron chi connectivity index (χ3n) is 3.93. The van der Waals surface area contributed by atoms with Gasteiger partial charge in [-0.25, -0.2) is 4.39 Å². The van der Waals surface area contributed by atoms with Crippen LogP contribution in [0.4, 0.5) is 4.39 Å². The van der Waals surface area contributed by atoms with Gasteiger partial charge in [-0.15, -0.1) is 11.3 Å². The summed E-state index contributed by atoms with van der Waals surface area (Å²) in [6.45, 7) is 3.51. The zero-order chi connectivity index (χ0) is 16.1. The molecule has 2 aromatic rings. The minimum Gasteiger partial charge on any atom is -0.379 e. The highest BCUT2D eigenvalue weighted by molar-refractivity contribution is 7.10. The lowest BCUT2D eigenvalue weighted by Crippen LogP contribution is -2.43. The number of amides is 1. The van der Waals surface area contributed by atoms with Crippen LogP contribution in [0.3, 0.4) is 0 Å². The highest BCUT2D eigenvalue weighted by Crippen LogP contribution is 2.25. The van der Waals surface area contributed by atoms with E-state index in [0.29, 0.717) is 19.8 Å². The summed E-state index contributed by atoms with van der Waals surface area (Å²) >= 11 is 1.67. The fourth-order valence-electron chi connectivity index (χ4n) is 2.71. The van der Waals surface area contributed by atoms with Crippen molar-refractivity contribution in [3.05, 3.63) is 58.0 Å². The predicted octanol–water partition coefficient (Wildman–Crippen LogP) is 2.69. The molecule has 6 heteroatoms. The molecule has 0 saturated carbocycles. The summed E-state index contributed by atoms with van der Waals surface area (Å²) < 4.78 is 19.1.